The molecule has 0 bridgehead atoms. The van der Waals surface area contributed by atoms with Crippen molar-refractivity contribution in [3.05, 3.63) is 51.9 Å². The largest absolute Gasteiger partial charge is 0.444 e. The van der Waals surface area contributed by atoms with Crippen molar-refractivity contribution in [3.8, 4) is 0 Å². The van der Waals surface area contributed by atoms with Crippen LogP contribution in [0.5, 0.6) is 0 Å². The number of carbonyl (C=O) groups excluding carboxylic acids is 1. The minimum atomic E-state index is -0.501. The average molecular weight is 381 g/mol. The standard InChI is InChI=1S/C18H25BrN2O2/c1-12(9-13(2)15-7-8-20-16(19)11-15)10-14(3)21-17(22)23-18(4,5)6/h7-11,13H,1-6H3,(H,21,22)/b12-9-,14-10+. The molecule has 1 N–H and O–H groups in total. The maximum absolute atomic E-state index is 11.7. The molecule has 0 spiro atoms. The zero-order valence-corrected chi connectivity index (χ0v) is 16.2. The van der Waals surface area contributed by atoms with Crippen LogP contribution in [0.3, 0.4) is 0 Å². The fourth-order valence-corrected chi connectivity index (χ4v) is 2.46. The van der Waals surface area contributed by atoms with E-state index in [4.69, 9.17) is 4.74 Å². The van der Waals surface area contributed by atoms with E-state index in [0.29, 0.717) is 0 Å². The van der Waals surface area contributed by atoms with Gasteiger partial charge in [-0.05, 0) is 80.2 Å². The van der Waals surface area contributed by atoms with Gasteiger partial charge in [-0.1, -0.05) is 18.6 Å². The highest BCUT2D eigenvalue weighted by Gasteiger charge is 2.15. The molecule has 4 nitrogen and oxygen atoms in total. The van der Waals surface area contributed by atoms with Crippen molar-refractivity contribution >= 4 is 22.0 Å². The molecule has 126 valence electrons. The number of pyridine rings is 1. The van der Waals surface area contributed by atoms with Crippen molar-refractivity contribution < 1.29 is 9.53 Å². The first-order valence-corrected chi connectivity index (χ1v) is 8.34. The Labute approximate surface area is 147 Å². The lowest BCUT2D eigenvalue weighted by molar-refractivity contribution is 0.0546. The van der Waals surface area contributed by atoms with Gasteiger partial charge in [-0.15, -0.1) is 0 Å². The number of hydrogen-bond donors (Lipinski definition) is 1. The lowest BCUT2D eigenvalue weighted by atomic mass is 10.00. The van der Waals surface area contributed by atoms with Gasteiger partial charge in [0.1, 0.15) is 10.2 Å². The van der Waals surface area contributed by atoms with E-state index < -0.39 is 11.7 Å². The highest BCUT2D eigenvalue weighted by molar-refractivity contribution is 9.10. The van der Waals surface area contributed by atoms with Crippen LogP contribution >= 0.6 is 15.9 Å². The van der Waals surface area contributed by atoms with Crippen LogP contribution in [0.2, 0.25) is 0 Å². The lowest BCUT2D eigenvalue weighted by Crippen LogP contribution is -2.31. The molecular formula is C18H25BrN2O2. The van der Waals surface area contributed by atoms with Crippen LogP contribution in [0.15, 0.2) is 46.4 Å². The molecule has 1 aromatic heterocycles. The Morgan fingerprint density at radius 2 is 2.04 bits per heavy atom. The molecule has 1 atom stereocenters. The molecule has 0 aliphatic carbocycles. The van der Waals surface area contributed by atoms with Gasteiger partial charge < -0.3 is 4.74 Å². The quantitative estimate of drug-likeness (QED) is 0.567. The van der Waals surface area contributed by atoms with Gasteiger partial charge in [0.15, 0.2) is 0 Å². The number of amides is 1. The Balaban J connectivity index is 2.72. The third kappa shape index (κ3) is 7.98. The van der Waals surface area contributed by atoms with Crippen molar-refractivity contribution in [1.29, 1.82) is 0 Å². The second-order valence-electron chi connectivity index (χ2n) is 6.57. The van der Waals surface area contributed by atoms with Crippen molar-refractivity contribution in [2.45, 2.75) is 53.1 Å². The number of rotatable bonds is 4. The van der Waals surface area contributed by atoms with E-state index in [1.54, 1.807) is 6.20 Å². The maximum Gasteiger partial charge on any atom is 0.411 e. The Hall–Kier alpha value is -1.62. The van der Waals surface area contributed by atoms with Gasteiger partial charge in [0.25, 0.3) is 0 Å². The number of hydrogen-bond acceptors (Lipinski definition) is 3. The summed E-state index contributed by atoms with van der Waals surface area (Å²) in [5, 5.41) is 2.73. The fourth-order valence-electron chi connectivity index (χ4n) is 2.08. The number of nitrogens with one attached hydrogen (secondary N) is 1. The van der Waals surface area contributed by atoms with Gasteiger partial charge >= 0.3 is 6.09 Å². The van der Waals surface area contributed by atoms with Gasteiger partial charge in [-0.3, -0.25) is 5.32 Å². The number of nitrogens with zero attached hydrogens (tertiary/aromatic N) is 1. The van der Waals surface area contributed by atoms with Crippen molar-refractivity contribution in [2.75, 3.05) is 0 Å². The van der Waals surface area contributed by atoms with Gasteiger partial charge in [0.05, 0.1) is 0 Å². The van der Waals surface area contributed by atoms with Crippen LogP contribution in [0.4, 0.5) is 4.79 Å². The van der Waals surface area contributed by atoms with Crippen molar-refractivity contribution in [3.63, 3.8) is 0 Å². The number of aromatic nitrogens is 1. The molecular weight excluding hydrogens is 356 g/mol. The van der Waals surface area contributed by atoms with Gasteiger partial charge in [0, 0.05) is 11.9 Å². The molecule has 1 heterocycles. The van der Waals surface area contributed by atoms with Crippen LogP contribution in [-0.2, 0) is 4.74 Å². The van der Waals surface area contributed by atoms with E-state index in [1.165, 1.54) is 5.56 Å². The number of carbonyl (C=O) groups is 1. The number of ether oxygens (including phenoxy) is 1. The third-order valence-corrected chi connectivity index (χ3v) is 3.37. The molecule has 0 radical (unpaired) electrons. The summed E-state index contributed by atoms with van der Waals surface area (Å²) < 4.78 is 6.06. The summed E-state index contributed by atoms with van der Waals surface area (Å²) in [4.78, 5) is 15.9. The summed E-state index contributed by atoms with van der Waals surface area (Å²) in [5.74, 6) is 0.250. The third-order valence-electron chi connectivity index (χ3n) is 2.93. The van der Waals surface area contributed by atoms with E-state index in [9.17, 15) is 4.79 Å². The van der Waals surface area contributed by atoms with Crippen LogP contribution in [0, 0.1) is 0 Å². The van der Waals surface area contributed by atoms with Crippen LogP contribution in [0.25, 0.3) is 0 Å². The summed E-state index contributed by atoms with van der Waals surface area (Å²) in [6.07, 6.45) is 5.41. The molecule has 1 aromatic rings. The van der Waals surface area contributed by atoms with Crippen LogP contribution in [0.1, 0.15) is 53.0 Å². The van der Waals surface area contributed by atoms with Crippen LogP contribution in [-0.4, -0.2) is 16.7 Å². The SMILES string of the molecule is CC(=C/C(C)c1ccnc(Br)c1)/C=C(\C)NC(=O)OC(C)(C)C. The van der Waals surface area contributed by atoms with E-state index in [0.717, 1.165) is 15.9 Å². The monoisotopic (exact) mass is 380 g/mol. The molecule has 5 heteroatoms. The normalized spacial score (nSPS) is 14.4. The zero-order chi connectivity index (χ0) is 17.6. The molecule has 0 saturated heterocycles. The summed E-state index contributed by atoms with van der Waals surface area (Å²) in [7, 11) is 0. The molecule has 0 aliphatic rings. The number of allylic oxidation sites excluding steroid dienone is 4. The first-order valence-electron chi connectivity index (χ1n) is 7.55. The Morgan fingerprint density at radius 1 is 1.39 bits per heavy atom. The van der Waals surface area contributed by atoms with Crippen molar-refractivity contribution in [1.82, 2.24) is 10.3 Å². The molecule has 0 aliphatic heterocycles. The van der Waals surface area contributed by atoms with E-state index >= 15 is 0 Å². The topological polar surface area (TPSA) is 51.2 Å². The van der Waals surface area contributed by atoms with E-state index in [-0.39, 0.29) is 5.92 Å². The number of halogens is 1. The second kappa shape index (κ2) is 8.29. The summed E-state index contributed by atoms with van der Waals surface area (Å²) >= 11 is 3.38. The molecule has 0 fully saturated rings. The summed E-state index contributed by atoms with van der Waals surface area (Å²) in [6.45, 7) is 11.5. The highest BCUT2D eigenvalue weighted by Crippen LogP contribution is 2.21. The smallest absolute Gasteiger partial charge is 0.411 e. The highest BCUT2D eigenvalue weighted by atomic mass is 79.9. The zero-order valence-electron chi connectivity index (χ0n) is 14.6. The predicted molar refractivity (Wildman–Crippen MR) is 97.2 cm³/mol. The lowest BCUT2D eigenvalue weighted by Gasteiger charge is -2.19. The molecule has 1 amide bonds. The molecule has 0 saturated carbocycles. The average Bonchev–Trinajstić information content (AvgIpc) is 2.35. The number of alkyl carbamates (subject to hydrolysis) is 1. The predicted octanol–water partition coefficient (Wildman–Crippen LogP) is 5.32. The van der Waals surface area contributed by atoms with Gasteiger partial charge in [-0.2, -0.15) is 0 Å². The van der Waals surface area contributed by atoms with E-state index in [1.807, 2.05) is 52.8 Å². The summed E-state index contributed by atoms with van der Waals surface area (Å²) in [5.41, 5.74) is 2.49. The summed E-state index contributed by atoms with van der Waals surface area (Å²) in [6, 6.07) is 4.00. The molecule has 1 unspecified atom stereocenters. The van der Waals surface area contributed by atoms with Gasteiger partial charge in [-0.25, -0.2) is 9.78 Å². The Morgan fingerprint density at radius 3 is 2.61 bits per heavy atom. The molecule has 1 rings (SSSR count). The minimum Gasteiger partial charge on any atom is -0.444 e. The van der Waals surface area contributed by atoms with E-state index in [2.05, 4.69) is 39.2 Å². The maximum atomic E-state index is 11.7. The Kier molecular flexibility index (Phi) is 7.01. The van der Waals surface area contributed by atoms with Crippen LogP contribution < -0.4 is 5.32 Å². The van der Waals surface area contributed by atoms with Gasteiger partial charge in [0.2, 0.25) is 0 Å². The minimum absolute atomic E-state index is 0.250. The van der Waals surface area contributed by atoms with Crippen molar-refractivity contribution in [2.24, 2.45) is 0 Å². The molecule has 0 aromatic carbocycles. The first kappa shape index (κ1) is 19.4. The first-order chi connectivity index (χ1) is 10.6. The fraction of sp³-hybridized carbons (Fsp3) is 0.444. The Bertz CT molecular complexity index is 616. The molecule has 23 heavy (non-hydrogen) atoms. The second-order valence-corrected chi connectivity index (χ2v) is 7.38.